The van der Waals surface area contributed by atoms with Crippen molar-refractivity contribution in [3.05, 3.63) is 77.0 Å². The van der Waals surface area contributed by atoms with Crippen molar-refractivity contribution in [3.63, 3.8) is 0 Å². The Morgan fingerprint density at radius 3 is 1.96 bits per heavy atom. The summed E-state index contributed by atoms with van der Waals surface area (Å²) < 4.78 is 31.7. The molecular formula is C19H18N2O3S. The molecule has 0 spiro atoms. The highest BCUT2D eigenvalue weighted by molar-refractivity contribution is 8.00. The van der Waals surface area contributed by atoms with Crippen LogP contribution in [0.15, 0.2) is 57.8 Å². The average molecular weight is 354 g/mol. The Balaban J connectivity index is 2.17. The third-order valence-electron chi connectivity index (χ3n) is 3.73. The highest BCUT2D eigenvalue weighted by Crippen LogP contribution is 2.29. The SMILES string of the molecule is Cc1ccc(/C=C(/c2nnc(C)o2)S(=O)(=O)c2ccc(C)cc2)cc1. The maximum Gasteiger partial charge on any atom is 0.259 e. The molecule has 3 aromatic rings. The maximum absolute atomic E-state index is 13.1. The molecular weight excluding hydrogens is 336 g/mol. The third-order valence-corrected chi connectivity index (χ3v) is 5.50. The molecule has 6 heteroatoms. The van der Waals surface area contributed by atoms with Gasteiger partial charge in [0.1, 0.15) is 4.91 Å². The highest BCUT2D eigenvalue weighted by atomic mass is 32.2. The molecule has 0 N–H and O–H groups in total. The second-order valence-corrected chi connectivity index (χ2v) is 7.78. The van der Waals surface area contributed by atoms with Crippen molar-refractivity contribution in [2.24, 2.45) is 0 Å². The Morgan fingerprint density at radius 1 is 0.880 bits per heavy atom. The minimum Gasteiger partial charge on any atom is -0.420 e. The first-order valence-corrected chi connectivity index (χ1v) is 9.25. The first-order chi connectivity index (χ1) is 11.9. The molecule has 0 unspecified atom stereocenters. The quantitative estimate of drug-likeness (QED) is 0.709. The topological polar surface area (TPSA) is 73.1 Å². The van der Waals surface area contributed by atoms with Crippen molar-refractivity contribution in [1.82, 2.24) is 10.2 Å². The molecule has 0 aliphatic rings. The largest absolute Gasteiger partial charge is 0.420 e. The molecule has 0 aliphatic heterocycles. The molecule has 3 rings (SSSR count). The Kier molecular flexibility index (Phi) is 4.55. The summed E-state index contributed by atoms with van der Waals surface area (Å²) in [6, 6.07) is 14.2. The van der Waals surface area contributed by atoms with Crippen LogP contribution in [0, 0.1) is 20.8 Å². The summed E-state index contributed by atoms with van der Waals surface area (Å²) in [5, 5.41) is 7.67. The summed E-state index contributed by atoms with van der Waals surface area (Å²) in [6.45, 7) is 5.50. The van der Waals surface area contributed by atoms with Crippen molar-refractivity contribution >= 4 is 20.8 Å². The van der Waals surface area contributed by atoms with E-state index in [9.17, 15) is 8.42 Å². The lowest BCUT2D eigenvalue weighted by atomic mass is 10.1. The second-order valence-electron chi connectivity index (χ2n) is 5.86. The Labute approximate surface area is 147 Å². The minimum atomic E-state index is -3.80. The van der Waals surface area contributed by atoms with E-state index >= 15 is 0 Å². The fourth-order valence-electron chi connectivity index (χ4n) is 2.31. The van der Waals surface area contributed by atoms with Gasteiger partial charge in [0, 0.05) is 6.92 Å². The van der Waals surface area contributed by atoms with Gasteiger partial charge in [0.15, 0.2) is 0 Å². The standard InChI is InChI=1S/C19H18N2O3S/c1-13-4-8-16(9-5-13)12-18(19-21-20-15(3)24-19)25(22,23)17-10-6-14(2)7-11-17/h4-12H,1-3H3/b18-12-. The molecule has 0 aliphatic carbocycles. The number of sulfone groups is 1. The molecule has 0 saturated carbocycles. The van der Waals surface area contributed by atoms with Gasteiger partial charge in [0.25, 0.3) is 5.89 Å². The van der Waals surface area contributed by atoms with Gasteiger partial charge in [-0.05, 0) is 37.6 Å². The van der Waals surface area contributed by atoms with Crippen LogP contribution in [0.2, 0.25) is 0 Å². The second kappa shape index (κ2) is 6.64. The molecule has 0 bridgehead atoms. The summed E-state index contributed by atoms with van der Waals surface area (Å²) in [7, 11) is -3.80. The lowest BCUT2D eigenvalue weighted by molar-refractivity contribution is 0.507. The van der Waals surface area contributed by atoms with E-state index in [0.29, 0.717) is 5.89 Å². The molecule has 0 amide bonds. The Bertz CT molecular complexity index is 1020. The molecule has 2 aromatic carbocycles. The van der Waals surface area contributed by atoms with Gasteiger partial charge in [-0.3, -0.25) is 0 Å². The van der Waals surface area contributed by atoms with Gasteiger partial charge in [0.2, 0.25) is 15.7 Å². The molecule has 0 radical (unpaired) electrons. The van der Waals surface area contributed by atoms with E-state index in [-0.39, 0.29) is 15.7 Å². The van der Waals surface area contributed by atoms with E-state index in [1.54, 1.807) is 37.3 Å². The van der Waals surface area contributed by atoms with Crippen LogP contribution in [-0.4, -0.2) is 18.6 Å². The van der Waals surface area contributed by atoms with E-state index in [2.05, 4.69) is 10.2 Å². The number of aryl methyl sites for hydroxylation is 3. The van der Waals surface area contributed by atoms with Crippen LogP contribution < -0.4 is 0 Å². The number of rotatable bonds is 4. The van der Waals surface area contributed by atoms with E-state index < -0.39 is 9.84 Å². The monoisotopic (exact) mass is 354 g/mol. The molecule has 1 heterocycles. The zero-order valence-electron chi connectivity index (χ0n) is 14.2. The van der Waals surface area contributed by atoms with Crippen LogP contribution in [0.3, 0.4) is 0 Å². The van der Waals surface area contributed by atoms with Crippen LogP contribution >= 0.6 is 0 Å². The zero-order valence-corrected chi connectivity index (χ0v) is 15.0. The normalized spacial score (nSPS) is 12.4. The van der Waals surface area contributed by atoms with Crippen LogP contribution in [0.1, 0.15) is 28.5 Å². The molecule has 0 fully saturated rings. The minimum absolute atomic E-state index is 0.0131. The molecule has 0 saturated heterocycles. The summed E-state index contributed by atoms with van der Waals surface area (Å²) in [4.78, 5) is 0.174. The lowest BCUT2D eigenvalue weighted by Gasteiger charge is -2.07. The molecule has 128 valence electrons. The van der Waals surface area contributed by atoms with Crippen molar-refractivity contribution < 1.29 is 12.8 Å². The van der Waals surface area contributed by atoms with Gasteiger partial charge >= 0.3 is 0 Å². The van der Waals surface area contributed by atoms with Gasteiger partial charge in [-0.15, -0.1) is 10.2 Å². The van der Waals surface area contributed by atoms with Gasteiger partial charge in [-0.2, -0.15) is 0 Å². The van der Waals surface area contributed by atoms with Crippen molar-refractivity contribution in [1.29, 1.82) is 0 Å². The van der Waals surface area contributed by atoms with Gasteiger partial charge in [-0.1, -0.05) is 47.5 Å². The Morgan fingerprint density at radius 2 is 1.44 bits per heavy atom. The predicted octanol–water partition coefficient (Wildman–Crippen LogP) is 3.97. The highest BCUT2D eigenvalue weighted by Gasteiger charge is 2.26. The van der Waals surface area contributed by atoms with Crippen LogP contribution in [0.25, 0.3) is 11.0 Å². The van der Waals surface area contributed by atoms with Crippen molar-refractivity contribution in [2.45, 2.75) is 25.7 Å². The zero-order chi connectivity index (χ0) is 18.0. The van der Waals surface area contributed by atoms with Crippen LogP contribution in [0.5, 0.6) is 0 Å². The molecule has 25 heavy (non-hydrogen) atoms. The van der Waals surface area contributed by atoms with E-state index in [1.165, 1.54) is 0 Å². The molecule has 1 aromatic heterocycles. The molecule has 5 nitrogen and oxygen atoms in total. The number of nitrogens with zero attached hydrogens (tertiary/aromatic N) is 2. The van der Waals surface area contributed by atoms with Crippen LogP contribution in [0.4, 0.5) is 0 Å². The first kappa shape index (κ1) is 17.1. The van der Waals surface area contributed by atoms with Gasteiger partial charge in [-0.25, -0.2) is 8.42 Å². The van der Waals surface area contributed by atoms with Gasteiger partial charge < -0.3 is 4.42 Å². The number of aromatic nitrogens is 2. The number of hydrogen-bond acceptors (Lipinski definition) is 5. The van der Waals surface area contributed by atoms with Crippen LogP contribution in [-0.2, 0) is 9.84 Å². The van der Waals surface area contributed by atoms with Gasteiger partial charge in [0.05, 0.1) is 4.90 Å². The summed E-state index contributed by atoms with van der Waals surface area (Å²) >= 11 is 0. The summed E-state index contributed by atoms with van der Waals surface area (Å²) in [5.74, 6) is 0.294. The first-order valence-electron chi connectivity index (χ1n) is 7.77. The summed E-state index contributed by atoms with van der Waals surface area (Å²) in [5.41, 5.74) is 2.82. The van der Waals surface area contributed by atoms with Crippen molar-refractivity contribution in [2.75, 3.05) is 0 Å². The number of benzene rings is 2. The fraction of sp³-hybridized carbons (Fsp3) is 0.158. The summed E-state index contributed by atoms with van der Waals surface area (Å²) in [6.07, 6.45) is 1.56. The maximum atomic E-state index is 13.1. The lowest BCUT2D eigenvalue weighted by Crippen LogP contribution is -2.05. The average Bonchev–Trinajstić information content (AvgIpc) is 3.00. The molecule has 0 atom stereocenters. The predicted molar refractivity (Wildman–Crippen MR) is 96.4 cm³/mol. The van der Waals surface area contributed by atoms with E-state index in [4.69, 9.17) is 4.42 Å². The number of hydrogen-bond donors (Lipinski definition) is 0. The fourth-order valence-corrected chi connectivity index (χ4v) is 3.66. The van der Waals surface area contributed by atoms with E-state index in [0.717, 1.165) is 16.7 Å². The Hall–Kier alpha value is -2.73. The third kappa shape index (κ3) is 3.69. The smallest absolute Gasteiger partial charge is 0.259 e. The van der Waals surface area contributed by atoms with E-state index in [1.807, 2.05) is 38.1 Å². The van der Waals surface area contributed by atoms with Crippen molar-refractivity contribution in [3.8, 4) is 0 Å².